The Morgan fingerprint density at radius 1 is 0.964 bits per heavy atom. The van der Waals surface area contributed by atoms with Gasteiger partial charge in [0.15, 0.2) is 17.1 Å². The van der Waals surface area contributed by atoms with Gasteiger partial charge in [0.1, 0.15) is 11.3 Å². The third-order valence-electron chi connectivity index (χ3n) is 4.69. The number of carbonyl (C=O) groups excluding carboxylic acids is 1. The molecule has 0 atom stereocenters. The number of furan rings is 1. The molecule has 0 aliphatic rings. The monoisotopic (exact) mass is 374 g/mol. The molecule has 0 aliphatic carbocycles. The van der Waals surface area contributed by atoms with Crippen molar-refractivity contribution in [1.82, 2.24) is 0 Å². The van der Waals surface area contributed by atoms with E-state index in [2.05, 4.69) is 0 Å². The molecule has 3 aromatic carbocycles. The summed E-state index contributed by atoms with van der Waals surface area (Å²) in [5.74, 6) is -0.365. The summed E-state index contributed by atoms with van der Waals surface area (Å²) in [6.45, 7) is 0. The maximum Gasteiger partial charge on any atom is 0.205 e. The standard InChI is InChI=1S/C23H18O5/c1-26-21-17-12-13-28-22(17)23(27-2)20(25)19(21)18(24)11-10-15-8-5-7-14-6-3-4-9-16(14)15/h3-13,25H,1-2H3/b11-10+. The van der Waals surface area contributed by atoms with Crippen LogP contribution in [-0.2, 0) is 0 Å². The van der Waals surface area contributed by atoms with Gasteiger partial charge in [0, 0.05) is 0 Å². The number of carbonyl (C=O) groups is 1. The van der Waals surface area contributed by atoms with Crippen molar-refractivity contribution in [3.63, 3.8) is 0 Å². The predicted octanol–water partition coefficient (Wildman–Crippen LogP) is 5.20. The molecular formula is C23H18O5. The summed E-state index contributed by atoms with van der Waals surface area (Å²) in [6.07, 6.45) is 4.61. The van der Waals surface area contributed by atoms with Gasteiger partial charge >= 0.3 is 0 Å². The van der Waals surface area contributed by atoms with Crippen LogP contribution in [0.25, 0.3) is 27.8 Å². The highest BCUT2D eigenvalue weighted by atomic mass is 16.5. The molecule has 0 spiro atoms. The maximum absolute atomic E-state index is 13.0. The van der Waals surface area contributed by atoms with Gasteiger partial charge in [0.25, 0.3) is 0 Å². The SMILES string of the molecule is COc1c(C(=O)/C=C/c2cccc3ccccc23)c(O)c(OC)c2occc12. The van der Waals surface area contributed by atoms with Gasteiger partial charge in [-0.2, -0.15) is 0 Å². The molecule has 0 saturated carbocycles. The van der Waals surface area contributed by atoms with Crippen molar-refractivity contribution in [3.8, 4) is 17.2 Å². The molecule has 28 heavy (non-hydrogen) atoms. The molecule has 140 valence electrons. The number of phenolic OH excluding ortho intramolecular Hbond substituents is 1. The molecular weight excluding hydrogens is 356 g/mol. The Kier molecular flexibility index (Phi) is 4.49. The zero-order valence-corrected chi connectivity index (χ0v) is 15.4. The first kappa shape index (κ1) is 17.7. The number of ether oxygens (including phenoxy) is 2. The van der Waals surface area contributed by atoms with Gasteiger partial charge in [-0.1, -0.05) is 48.5 Å². The maximum atomic E-state index is 13.0. The van der Waals surface area contributed by atoms with Crippen molar-refractivity contribution >= 4 is 33.6 Å². The molecule has 0 saturated heterocycles. The molecule has 4 aromatic rings. The fourth-order valence-corrected chi connectivity index (χ4v) is 3.40. The van der Waals surface area contributed by atoms with Gasteiger partial charge < -0.3 is 19.0 Å². The van der Waals surface area contributed by atoms with E-state index < -0.39 is 5.78 Å². The first-order chi connectivity index (χ1) is 13.7. The van der Waals surface area contributed by atoms with Crippen LogP contribution in [0.5, 0.6) is 17.2 Å². The summed E-state index contributed by atoms with van der Waals surface area (Å²) in [5, 5.41) is 13.3. The van der Waals surface area contributed by atoms with Gasteiger partial charge in [-0.05, 0) is 28.5 Å². The Balaban J connectivity index is 1.83. The lowest BCUT2D eigenvalue weighted by Gasteiger charge is -2.13. The van der Waals surface area contributed by atoms with E-state index in [9.17, 15) is 9.90 Å². The minimum absolute atomic E-state index is 0.0322. The van der Waals surface area contributed by atoms with E-state index in [1.807, 2.05) is 42.5 Å². The van der Waals surface area contributed by atoms with Crippen LogP contribution in [0.4, 0.5) is 0 Å². The van der Waals surface area contributed by atoms with Crippen LogP contribution < -0.4 is 9.47 Å². The van der Waals surface area contributed by atoms with Gasteiger partial charge in [0.2, 0.25) is 5.75 Å². The number of hydrogen-bond donors (Lipinski definition) is 1. The molecule has 0 aliphatic heterocycles. The number of phenols is 1. The smallest absolute Gasteiger partial charge is 0.205 e. The first-order valence-corrected chi connectivity index (χ1v) is 8.70. The van der Waals surface area contributed by atoms with Crippen LogP contribution >= 0.6 is 0 Å². The summed E-state index contributed by atoms with van der Waals surface area (Å²) in [5.41, 5.74) is 1.26. The fourth-order valence-electron chi connectivity index (χ4n) is 3.40. The summed E-state index contributed by atoms with van der Waals surface area (Å²) >= 11 is 0. The molecule has 0 amide bonds. The molecule has 0 unspecified atom stereocenters. The Hall–Kier alpha value is -3.73. The zero-order chi connectivity index (χ0) is 19.7. The molecule has 0 bridgehead atoms. The number of ketones is 1. The largest absolute Gasteiger partial charge is 0.504 e. The summed E-state index contributed by atoms with van der Waals surface area (Å²) in [7, 11) is 2.85. The van der Waals surface area contributed by atoms with E-state index in [1.54, 1.807) is 12.1 Å². The molecule has 1 N–H and O–H groups in total. The highest BCUT2D eigenvalue weighted by Gasteiger charge is 2.26. The van der Waals surface area contributed by atoms with Crippen LogP contribution in [0, 0.1) is 0 Å². The van der Waals surface area contributed by atoms with Crippen LogP contribution in [0.2, 0.25) is 0 Å². The van der Waals surface area contributed by atoms with Gasteiger partial charge in [-0.3, -0.25) is 4.79 Å². The van der Waals surface area contributed by atoms with E-state index in [0.717, 1.165) is 16.3 Å². The normalized spacial score (nSPS) is 11.4. The number of allylic oxidation sites excluding steroid dienone is 1. The van der Waals surface area contributed by atoms with Crippen molar-refractivity contribution in [3.05, 3.63) is 72.0 Å². The molecule has 4 rings (SSSR count). The van der Waals surface area contributed by atoms with E-state index >= 15 is 0 Å². The van der Waals surface area contributed by atoms with Crippen LogP contribution in [0.1, 0.15) is 15.9 Å². The Bertz CT molecular complexity index is 1210. The van der Waals surface area contributed by atoms with Crippen molar-refractivity contribution < 1.29 is 23.8 Å². The lowest BCUT2D eigenvalue weighted by atomic mass is 10.0. The first-order valence-electron chi connectivity index (χ1n) is 8.70. The van der Waals surface area contributed by atoms with Gasteiger partial charge in [0.05, 0.1) is 25.9 Å². The van der Waals surface area contributed by atoms with Crippen LogP contribution in [-0.4, -0.2) is 25.1 Å². The fraction of sp³-hybridized carbons (Fsp3) is 0.0870. The quantitative estimate of drug-likeness (QED) is 0.384. The third-order valence-corrected chi connectivity index (χ3v) is 4.69. The highest BCUT2D eigenvalue weighted by Crippen LogP contribution is 2.45. The highest BCUT2D eigenvalue weighted by molar-refractivity contribution is 6.15. The van der Waals surface area contributed by atoms with Crippen LogP contribution in [0.15, 0.2) is 65.3 Å². The Morgan fingerprint density at radius 2 is 1.71 bits per heavy atom. The molecule has 5 heteroatoms. The van der Waals surface area contributed by atoms with Gasteiger partial charge in [-0.25, -0.2) is 0 Å². The minimum atomic E-state index is -0.399. The number of hydrogen-bond acceptors (Lipinski definition) is 5. The summed E-state index contributed by atoms with van der Waals surface area (Å²) in [6, 6.07) is 15.5. The minimum Gasteiger partial charge on any atom is -0.504 e. The van der Waals surface area contributed by atoms with Gasteiger partial charge in [-0.15, -0.1) is 0 Å². The third kappa shape index (κ3) is 2.77. The van der Waals surface area contributed by atoms with Crippen molar-refractivity contribution in [2.24, 2.45) is 0 Å². The Labute approximate surface area is 161 Å². The predicted molar refractivity (Wildman–Crippen MR) is 108 cm³/mol. The molecule has 0 fully saturated rings. The van der Waals surface area contributed by atoms with Crippen molar-refractivity contribution in [1.29, 1.82) is 0 Å². The lowest BCUT2D eigenvalue weighted by Crippen LogP contribution is -2.02. The van der Waals surface area contributed by atoms with E-state index in [0.29, 0.717) is 11.0 Å². The molecule has 1 heterocycles. The van der Waals surface area contributed by atoms with E-state index in [-0.39, 0.29) is 22.8 Å². The average Bonchev–Trinajstić information content (AvgIpc) is 3.20. The second-order valence-corrected chi connectivity index (χ2v) is 6.22. The topological polar surface area (TPSA) is 68.9 Å². The number of fused-ring (bicyclic) bond motifs is 2. The number of rotatable bonds is 5. The molecule has 5 nitrogen and oxygen atoms in total. The van der Waals surface area contributed by atoms with Crippen molar-refractivity contribution in [2.75, 3.05) is 14.2 Å². The zero-order valence-electron chi connectivity index (χ0n) is 15.4. The summed E-state index contributed by atoms with van der Waals surface area (Å²) in [4.78, 5) is 13.0. The van der Waals surface area contributed by atoms with E-state index in [1.165, 1.54) is 26.6 Å². The van der Waals surface area contributed by atoms with Crippen molar-refractivity contribution in [2.45, 2.75) is 0 Å². The number of aromatic hydroxyl groups is 1. The number of benzene rings is 3. The summed E-state index contributed by atoms with van der Waals surface area (Å²) < 4.78 is 16.0. The number of methoxy groups -OCH3 is 2. The molecule has 1 aromatic heterocycles. The average molecular weight is 374 g/mol. The van der Waals surface area contributed by atoms with Crippen LogP contribution in [0.3, 0.4) is 0 Å². The lowest BCUT2D eigenvalue weighted by molar-refractivity contribution is 0.104. The second kappa shape index (κ2) is 7.12. The Morgan fingerprint density at radius 3 is 2.50 bits per heavy atom. The second-order valence-electron chi connectivity index (χ2n) is 6.22. The van der Waals surface area contributed by atoms with E-state index in [4.69, 9.17) is 13.9 Å². The molecule has 0 radical (unpaired) electrons.